The minimum Gasteiger partial charge on any atom is -0.384 e. The van der Waals surface area contributed by atoms with Gasteiger partial charge in [-0.2, -0.15) is 0 Å². The second kappa shape index (κ2) is 4.22. The van der Waals surface area contributed by atoms with Crippen LogP contribution in [0.25, 0.3) is 0 Å². The molecule has 3 N–H and O–H groups in total. The van der Waals surface area contributed by atoms with Gasteiger partial charge in [0.15, 0.2) is 0 Å². The maximum Gasteiger partial charge on any atom is 0.124 e. The molecule has 4 nitrogen and oxygen atoms in total. The van der Waals surface area contributed by atoms with Gasteiger partial charge in [-0.15, -0.1) is 0 Å². The smallest absolute Gasteiger partial charge is 0.124 e. The quantitative estimate of drug-likeness (QED) is 0.576. The standard InChI is InChI=1S/C12H18N4/c1-3-16-5-4-11-9(7-16)6-10(12(13)14)8(2)15-11/h6H,3-5,7H2,1-2H3,(H3,13,14). The SMILES string of the molecule is CCN1CCc2nc(C)c(C(=N)N)cc2C1. The van der Waals surface area contributed by atoms with Crippen LogP contribution < -0.4 is 5.73 Å². The summed E-state index contributed by atoms with van der Waals surface area (Å²) in [6.07, 6.45) is 1.00. The number of nitrogens with one attached hydrogen (secondary N) is 1. The maximum atomic E-state index is 7.51. The monoisotopic (exact) mass is 218 g/mol. The molecule has 1 aromatic rings. The fourth-order valence-corrected chi connectivity index (χ4v) is 2.18. The third-order valence-corrected chi connectivity index (χ3v) is 3.18. The van der Waals surface area contributed by atoms with Crippen LogP contribution in [0.5, 0.6) is 0 Å². The zero-order chi connectivity index (χ0) is 11.7. The van der Waals surface area contributed by atoms with Gasteiger partial charge in [0.1, 0.15) is 5.84 Å². The fraction of sp³-hybridized carbons (Fsp3) is 0.500. The Bertz CT molecular complexity index is 425. The molecule has 0 bridgehead atoms. The average Bonchev–Trinajstić information content (AvgIpc) is 2.27. The molecule has 0 aromatic carbocycles. The normalized spacial score (nSPS) is 15.9. The van der Waals surface area contributed by atoms with E-state index in [1.165, 1.54) is 11.3 Å². The van der Waals surface area contributed by atoms with Gasteiger partial charge < -0.3 is 5.73 Å². The molecule has 0 radical (unpaired) electrons. The Morgan fingerprint density at radius 2 is 2.38 bits per heavy atom. The summed E-state index contributed by atoms with van der Waals surface area (Å²) in [5.41, 5.74) is 9.59. The number of nitrogen functional groups attached to an aromatic ring is 1. The van der Waals surface area contributed by atoms with E-state index >= 15 is 0 Å². The predicted octanol–water partition coefficient (Wildman–Crippen LogP) is 1.05. The lowest BCUT2D eigenvalue weighted by atomic mass is 10.0. The van der Waals surface area contributed by atoms with Crippen molar-refractivity contribution in [1.29, 1.82) is 5.41 Å². The van der Waals surface area contributed by atoms with Crippen molar-refractivity contribution >= 4 is 5.84 Å². The first-order valence-corrected chi connectivity index (χ1v) is 5.68. The number of hydrogen-bond donors (Lipinski definition) is 2. The largest absolute Gasteiger partial charge is 0.384 e. The van der Waals surface area contributed by atoms with Gasteiger partial charge in [-0.05, 0) is 25.1 Å². The molecular formula is C12H18N4. The van der Waals surface area contributed by atoms with Gasteiger partial charge >= 0.3 is 0 Å². The van der Waals surface area contributed by atoms with Crippen molar-refractivity contribution in [2.75, 3.05) is 13.1 Å². The lowest BCUT2D eigenvalue weighted by Crippen LogP contribution is -2.31. The molecule has 16 heavy (non-hydrogen) atoms. The van der Waals surface area contributed by atoms with E-state index in [1.807, 2.05) is 13.0 Å². The van der Waals surface area contributed by atoms with E-state index in [1.54, 1.807) is 0 Å². The van der Waals surface area contributed by atoms with Gasteiger partial charge in [0.25, 0.3) is 0 Å². The number of nitrogens with zero attached hydrogens (tertiary/aromatic N) is 2. The van der Waals surface area contributed by atoms with Crippen LogP contribution >= 0.6 is 0 Å². The number of aromatic nitrogens is 1. The third-order valence-electron chi connectivity index (χ3n) is 3.18. The van der Waals surface area contributed by atoms with E-state index < -0.39 is 0 Å². The van der Waals surface area contributed by atoms with Crippen molar-refractivity contribution in [1.82, 2.24) is 9.88 Å². The van der Waals surface area contributed by atoms with E-state index in [-0.39, 0.29) is 5.84 Å². The van der Waals surface area contributed by atoms with E-state index in [0.717, 1.165) is 37.3 Å². The highest BCUT2D eigenvalue weighted by atomic mass is 15.1. The molecule has 2 heterocycles. The molecule has 0 saturated carbocycles. The number of aryl methyl sites for hydroxylation is 1. The molecule has 0 fully saturated rings. The minimum atomic E-state index is 0.112. The fourth-order valence-electron chi connectivity index (χ4n) is 2.18. The van der Waals surface area contributed by atoms with Gasteiger partial charge in [0.2, 0.25) is 0 Å². The first kappa shape index (κ1) is 11.1. The summed E-state index contributed by atoms with van der Waals surface area (Å²) in [5, 5.41) is 7.51. The summed E-state index contributed by atoms with van der Waals surface area (Å²) < 4.78 is 0. The van der Waals surface area contributed by atoms with Gasteiger partial charge in [-0.3, -0.25) is 15.3 Å². The topological polar surface area (TPSA) is 66.0 Å². The second-order valence-electron chi connectivity index (χ2n) is 4.26. The molecule has 86 valence electrons. The van der Waals surface area contributed by atoms with Crippen molar-refractivity contribution < 1.29 is 0 Å². The maximum absolute atomic E-state index is 7.51. The highest BCUT2D eigenvalue weighted by molar-refractivity contribution is 5.96. The summed E-state index contributed by atoms with van der Waals surface area (Å²) >= 11 is 0. The first-order chi connectivity index (χ1) is 7.61. The summed E-state index contributed by atoms with van der Waals surface area (Å²) in [6, 6.07) is 2.03. The Morgan fingerprint density at radius 1 is 1.62 bits per heavy atom. The number of pyridine rings is 1. The third kappa shape index (κ3) is 1.93. The average molecular weight is 218 g/mol. The number of hydrogen-bond acceptors (Lipinski definition) is 3. The predicted molar refractivity (Wildman–Crippen MR) is 64.6 cm³/mol. The Labute approximate surface area is 96.0 Å². The molecule has 1 aliphatic heterocycles. The van der Waals surface area contributed by atoms with Crippen LogP contribution in [0.1, 0.15) is 29.4 Å². The van der Waals surface area contributed by atoms with E-state index in [4.69, 9.17) is 11.1 Å². The van der Waals surface area contributed by atoms with Crippen molar-refractivity contribution in [3.8, 4) is 0 Å². The molecule has 0 unspecified atom stereocenters. The lowest BCUT2D eigenvalue weighted by molar-refractivity contribution is 0.265. The highest BCUT2D eigenvalue weighted by Gasteiger charge is 2.18. The van der Waals surface area contributed by atoms with Crippen molar-refractivity contribution in [2.45, 2.75) is 26.8 Å². The van der Waals surface area contributed by atoms with Crippen molar-refractivity contribution in [3.63, 3.8) is 0 Å². The second-order valence-corrected chi connectivity index (χ2v) is 4.26. The van der Waals surface area contributed by atoms with Crippen molar-refractivity contribution in [3.05, 3.63) is 28.6 Å². The molecule has 0 saturated heterocycles. The number of rotatable bonds is 2. The van der Waals surface area contributed by atoms with Crippen LogP contribution in [-0.4, -0.2) is 28.8 Å². The summed E-state index contributed by atoms with van der Waals surface area (Å²) in [7, 11) is 0. The summed E-state index contributed by atoms with van der Waals surface area (Å²) in [5.74, 6) is 0.112. The Kier molecular flexibility index (Phi) is 2.92. The minimum absolute atomic E-state index is 0.112. The van der Waals surface area contributed by atoms with Crippen LogP contribution in [-0.2, 0) is 13.0 Å². The van der Waals surface area contributed by atoms with Crippen molar-refractivity contribution in [2.24, 2.45) is 5.73 Å². The number of nitrogens with two attached hydrogens (primary N) is 1. The van der Waals surface area contributed by atoms with E-state index in [0.29, 0.717) is 0 Å². The van der Waals surface area contributed by atoms with Gasteiger partial charge in [-0.25, -0.2) is 0 Å². The Morgan fingerprint density at radius 3 is 3.00 bits per heavy atom. The zero-order valence-corrected chi connectivity index (χ0v) is 9.88. The molecule has 1 aliphatic rings. The van der Waals surface area contributed by atoms with Crippen LogP contribution in [0.4, 0.5) is 0 Å². The zero-order valence-electron chi connectivity index (χ0n) is 9.88. The molecule has 0 atom stereocenters. The Hall–Kier alpha value is -1.42. The molecule has 2 rings (SSSR count). The molecule has 0 amide bonds. The molecular weight excluding hydrogens is 200 g/mol. The lowest BCUT2D eigenvalue weighted by Gasteiger charge is -2.27. The van der Waals surface area contributed by atoms with Crippen LogP contribution in [0, 0.1) is 12.3 Å². The first-order valence-electron chi connectivity index (χ1n) is 5.68. The molecule has 0 aliphatic carbocycles. The van der Waals surface area contributed by atoms with E-state index in [2.05, 4.69) is 16.8 Å². The summed E-state index contributed by atoms with van der Waals surface area (Å²) in [4.78, 5) is 6.93. The number of likely N-dealkylation sites (N-methyl/N-ethyl adjacent to an activating group) is 1. The Balaban J connectivity index is 2.39. The van der Waals surface area contributed by atoms with Crippen LogP contribution in [0.15, 0.2) is 6.07 Å². The molecule has 1 aromatic heterocycles. The van der Waals surface area contributed by atoms with Gasteiger partial charge in [0.05, 0.1) is 0 Å². The van der Waals surface area contributed by atoms with Crippen LogP contribution in [0.3, 0.4) is 0 Å². The number of fused-ring (bicyclic) bond motifs is 1. The summed E-state index contributed by atoms with van der Waals surface area (Å²) in [6.45, 7) is 7.15. The highest BCUT2D eigenvalue weighted by Crippen LogP contribution is 2.19. The molecule has 0 spiro atoms. The molecule has 4 heteroatoms. The van der Waals surface area contributed by atoms with E-state index in [9.17, 15) is 0 Å². The van der Waals surface area contributed by atoms with Gasteiger partial charge in [-0.1, -0.05) is 6.92 Å². The number of amidine groups is 1. The van der Waals surface area contributed by atoms with Crippen LogP contribution in [0.2, 0.25) is 0 Å². The van der Waals surface area contributed by atoms with Gasteiger partial charge in [0, 0.05) is 36.5 Å².